The van der Waals surface area contributed by atoms with Gasteiger partial charge in [-0.3, -0.25) is 0 Å². The van der Waals surface area contributed by atoms with E-state index in [9.17, 15) is 4.39 Å². The standard InChI is InChI=1S/C17H26FNO/c1-3-16(19)17(14-6-4-5-7-15(14)18)20-13-10-8-12(2)9-11-13/h4-7,12-13,16-17H,3,8-11,19H2,1-2H3. The molecule has 3 heteroatoms. The smallest absolute Gasteiger partial charge is 0.129 e. The van der Waals surface area contributed by atoms with Gasteiger partial charge in [0.1, 0.15) is 11.9 Å². The highest BCUT2D eigenvalue weighted by atomic mass is 19.1. The summed E-state index contributed by atoms with van der Waals surface area (Å²) >= 11 is 0. The summed E-state index contributed by atoms with van der Waals surface area (Å²) in [4.78, 5) is 0. The van der Waals surface area contributed by atoms with Gasteiger partial charge in [-0.15, -0.1) is 0 Å². The first kappa shape index (κ1) is 15.5. The van der Waals surface area contributed by atoms with Gasteiger partial charge in [-0.2, -0.15) is 0 Å². The first-order valence-corrected chi connectivity index (χ1v) is 7.77. The highest BCUT2D eigenvalue weighted by Gasteiger charge is 2.27. The predicted octanol–water partition coefficient (Wildman–Crippen LogP) is 4.20. The number of hydrogen-bond acceptors (Lipinski definition) is 2. The van der Waals surface area contributed by atoms with Crippen molar-refractivity contribution in [2.45, 2.75) is 64.2 Å². The van der Waals surface area contributed by atoms with Crippen LogP contribution in [0, 0.1) is 11.7 Å². The van der Waals surface area contributed by atoms with Crippen molar-refractivity contribution in [2.24, 2.45) is 11.7 Å². The quantitative estimate of drug-likeness (QED) is 0.876. The highest BCUT2D eigenvalue weighted by Crippen LogP contribution is 2.32. The van der Waals surface area contributed by atoms with Crippen LogP contribution < -0.4 is 5.73 Å². The average Bonchev–Trinajstić information content (AvgIpc) is 2.47. The van der Waals surface area contributed by atoms with Crippen molar-refractivity contribution in [1.29, 1.82) is 0 Å². The lowest BCUT2D eigenvalue weighted by molar-refractivity contribution is -0.0502. The highest BCUT2D eigenvalue weighted by molar-refractivity contribution is 5.21. The van der Waals surface area contributed by atoms with E-state index >= 15 is 0 Å². The Morgan fingerprint density at radius 2 is 1.90 bits per heavy atom. The molecule has 2 unspecified atom stereocenters. The molecule has 2 nitrogen and oxygen atoms in total. The summed E-state index contributed by atoms with van der Waals surface area (Å²) < 4.78 is 20.2. The molecule has 0 amide bonds. The Morgan fingerprint density at radius 1 is 1.25 bits per heavy atom. The summed E-state index contributed by atoms with van der Waals surface area (Å²) in [5.41, 5.74) is 6.77. The lowest BCUT2D eigenvalue weighted by atomic mass is 9.88. The molecule has 1 saturated carbocycles. The van der Waals surface area contributed by atoms with Crippen molar-refractivity contribution in [2.75, 3.05) is 0 Å². The van der Waals surface area contributed by atoms with Crippen LogP contribution in [-0.4, -0.2) is 12.1 Å². The van der Waals surface area contributed by atoms with E-state index < -0.39 is 0 Å². The molecule has 0 heterocycles. The van der Waals surface area contributed by atoms with Crippen LogP contribution in [-0.2, 0) is 4.74 Å². The van der Waals surface area contributed by atoms with Gasteiger partial charge in [0.05, 0.1) is 6.10 Å². The zero-order valence-corrected chi connectivity index (χ0v) is 12.5. The monoisotopic (exact) mass is 279 g/mol. The van der Waals surface area contributed by atoms with Crippen molar-refractivity contribution in [3.8, 4) is 0 Å². The normalized spacial score (nSPS) is 26.2. The molecule has 2 rings (SSSR count). The maximum Gasteiger partial charge on any atom is 0.129 e. The molecule has 2 atom stereocenters. The van der Waals surface area contributed by atoms with Crippen LogP contribution in [0.3, 0.4) is 0 Å². The maximum absolute atomic E-state index is 14.0. The predicted molar refractivity (Wildman–Crippen MR) is 79.9 cm³/mol. The number of halogens is 1. The van der Waals surface area contributed by atoms with E-state index in [1.807, 2.05) is 13.0 Å². The Hall–Kier alpha value is -0.930. The molecule has 112 valence electrons. The molecule has 0 radical (unpaired) electrons. The number of ether oxygens (including phenoxy) is 1. The molecule has 1 aliphatic carbocycles. The van der Waals surface area contributed by atoms with Crippen molar-refractivity contribution in [1.82, 2.24) is 0 Å². The maximum atomic E-state index is 14.0. The van der Waals surface area contributed by atoms with Crippen LogP contribution in [0.25, 0.3) is 0 Å². The van der Waals surface area contributed by atoms with Crippen molar-refractivity contribution < 1.29 is 9.13 Å². The second kappa shape index (κ2) is 7.19. The SMILES string of the molecule is CCC(N)C(OC1CCC(C)CC1)c1ccccc1F. The minimum Gasteiger partial charge on any atom is -0.369 e. The topological polar surface area (TPSA) is 35.2 Å². The Labute approximate surface area is 121 Å². The van der Waals surface area contributed by atoms with Crippen molar-refractivity contribution in [3.63, 3.8) is 0 Å². The van der Waals surface area contributed by atoms with Gasteiger partial charge in [0.2, 0.25) is 0 Å². The van der Waals surface area contributed by atoms with Crippen molar-refractivity contribution >= 4 is 0 Å². The van der Waals surface area contributed by atoms with Gasteiger partial charge in [-0.25, -0.2) is 4.39 Å². The molecule has 20 heavy (non-hydrogen) atoms. The van der Waals surface area contributed by atoms with Gasteiger partial charge in [-0.1, -0.05) is 32.0 Å². The Morgan fingerprint density at radius 3 is 2.50 bits per heavy atom. The van der Waals surface area contributed by atoms with Crippen LogP contribution >= 0.6 is 0 Å². The van der Waals surface area contributed by atoms with Crippen LogP contribution in [0.2, 0.25) is 0 Å². The van der Waals surface area contributed by atoms with Crippen LogP contribution in [0.5, 0.6) is 0 Å². The zero-order chi connectivity index (χ0) is 14.5. The molecule has 1 aromatic rings. The summed E-state index contributed by atoms with van der Waals surface area (Å²) in [6, 6.07) is 6.67. The number of hydrogen-bond donors (Lipinski definition) is 1. The third kappa shape index (κ3) is 3.80. The van der Waals surface area contributed by atoms with E-state index in [-0.39, 0.29) is 24.1 Å². The van der Waals surface area contributed by atoms with Crippen LogP contribution in [0.1, 0.15) is 57.6 Å². The number of benzene rings is 1. The molecule has 0 aliphatic heterocycles. The third-order valence-electron chi connectivity index (χ3n) is 4.37. The fourth-order valence-electron chi connectivity index (χ4n) is 2.90. The second-order valence-electron chi connectivity index (χ2n) is 6.03. The summed E-state index contributed by atoms with van der Waals surface area (Å²) in [5, 5.41) is 0. The van der Waals surface area contributed by atoms with E-state index in [1.54, 1.807) is 12.1 Å². The molecular weight excluding hydrogens is 253 g/mol. The summed E-state index contributed by atoms with van der Waals surface area (Å²) in [6.07, 6.45) is 5.16. The molecule has 2 N–H and O–H groups in total. The largest absolute Gasteiger partial charge is 0.369 e. The van der Waals surface area contributed by atoms with Crippen LogP contribution in [0.15, 0.2) is 24.3 Å². The van der Waals surface area contributed by atoms with E-state index in [0.29, 0.717) is 5.56 Å². The van der Waals surface area contributed by atoms with Gasteiger partial charge >= 0.3 is 0 Å². The number of nitrogens with two attached hydrogens (primary N) is 1. The Balaban J connectivity index is 2.10. The molecule has 0 bridgehead atoms. The molecule has 1 aliphatic rings. The first-order chi connectivity index (χ1) is 9.61. The summed E-state index contributed by atoms with van der Waals surface area (Å²) in [5.74, 6) is 0.562. The fourth-order valence-corrected chi connectivity index (χ4v) is 2.90. The summed E-state index contributed by atoms with van der Waals surface area (Å²) in [7, 11) is 0. The minimum atomic E-state index is -0.334. The molecule has 0 aromatic heterocycles. The van der Waals surface area contributed by atoms with E-state index in [0.717, 1.165) is 25.2 Å². The number of rotatable bonds is 5. The van der Waals surface area contributed by atoms with E-state index in [2.05, 4.69) is 6.92 Å². The molecule has 0 saturated heterocycles. The Kier molecular flexibility index (Phi) is 5.55. The van der Waals surface area contributed by atoms with E-state index in [4.69, 9.17) is 10.5 Å². The lowest BCUT2D eigenvalue weighted by Gasteiger charge is -2.32. The average molecular weight is 279 g/mol. The molecular formula is C17H26FNO. The minimum absolute atomic E-state index is 0.161. The fraction of sp³-hybridized carbons (Fsp3) is 0.647. The van der Waals surface area contributed by atoms with Gasteiger partial charge in [0.15, 0.2) is 0 Å². The summed E-state index contributed by atoms with van der Waals surface area (Å²) in [6.45, 7) is 4.30. The van der Waals surface area contributed by atoms with Crippen molar-refractivity contribution in [3.05, 3.63) is 35.6 Å². The van der Waals surface area contributed by atoms with Crippen LogP contribution in [0.4, 0.5) is 4.39 Å². The van der Waals surface area contributed by atoms with Gasteiger partial charge < -0.3 is 10.5 Å². The molecule has 1 aromatic carbocycles. The Bertz CT molecular complexity index is 415. The first-order valence-electron chi connectivity index (χ1n) is 7.77. The second-order valence-corrected chi connectivity index (χ2v) is 6.03. The van der Waals surface area contributed by atoms with E-state index in [1.165, 1.54) is 18.9 Å². The van der Waals surface area contributed by atoms with Gasteiger partial charge in [0.25, 0.3) is 0 Å². The zero-order valence-electron chi connectivity index (χ0n) is 12.5. The third-order valence-corrected chi connectivity index (χ3v) is 4.37. The molecule has 1 fully saturated rings. The van der Waals surface area contributed by atoms with Gasteiger partial charge in [0, 0.05) is 11.6 Å². The molecule has 0 spiro atoms. The van der Waals surface area contributed by atoms with Gasteiger partial charge in [-0.05, 0) is 44.1 Å². The lowest BCUT2D eigenvalue weighted by Crippen LogP contribution is -2.34.